The average Bonchev–Trinajstić information content (AvgIpc) is 3.17. The summed E-state index contributed by atoms with van der Waals surface area (Å²) in [4.78, 5) is 23.3. The molecule has 4 rings (SSSR count). The van der Waals surface area contributed by atoms with Crippen LogP contribution in [0, 0.1) is 0 Å². The van der Waals surface area contributed by atoms with Gasteiger partial charge < -0.3 is 15.5 Å². The van der Waals surface area contributed by atoms with Crippen molar-refractivity contribution in [1.82, 2.24) is 20.6 Å². The van der Waals surface area contributed by atoms with E-state index in [2.05, 4.69) is 37.7 Å². The zero-order chi connectivity index (χ0) is 18.6. The highest BCUT2D eigenvalue weighted by Gasteiger charge is 2.24. The lowest BCUT2D eigenvalue weighted by Crippen LogP contribution is -2.48. The molecule has 2 N–H and O–H groups in total. The number of anilines is 1. The van der Waals surface area contributed by atoms with E-state index in [0.717, 1.165) is 55.0 Å². The van der Waals surface area contributed by atoms with E-state index in [1.165, 1.54) is 0 Å². The minimum Gasteiger partial charge on any atom is -0.356 e. The Hall–Kier alpha value is -2.60. The number of hydrogen-bond acceptors (Lipinski definition) is 4. The van der Waals surface area contributed by atoms with Crippen molar-refractivity contribution in [3.8, 4) is 0 Å². The Morgan fingerprint density at radius 3 is 2.74 bits per heavy atom. The van der Waals surface area contributed by atoms with Crippen molar-refractivity contribution < 1.29 is 4.79 Å². The monoisotopic (exact) mass is 383 g/mol. The number of rotatable bonds is 4. The van der Waals surface area contributed by atoms with Gasteiger partial charge in [0.2, 0.25) is 0 Å². The van der Waals surface area contributed by atoms with E-state index >= 15 is 0 Å². The fourth-order valence-electron chi connectivity index (χ4n) is 3.55. The van der Waals surface area contributed by atoms with E-state index in [0.29, 0.717) is 11.6 Å². The number of nitrogens with zero attached hydrogens (tertiary/aromatic N) is 3. The van der Waals surface area contributed by atoms with Crippen molar-refractivity contribution in [3.63, 3.8) is 0 Å². The Balaban J connectivity index is 1.26. The van der Waals surface area contributed by atoms with Crippen molar-refractivity contribution in [2.24, 2.45) is 0 Å². The number of allylic oxidation sites excluding steroid dienone is 1. The second-order valence-corrected chi connectivity index (χ2v) is 7.32. The van der Waals surface area contributed by atoms with Gasteiger partial charge in [-0.3, -0.25) is 0 Å². The lowest BCUT2D eigenvalue weighted by Gasteiger charge is -2.33. The number of benzene rings is 1. The predicted octanol–water partition coefficient (Wildman–Crippen LogP) is 3.17. The van der Waals surface area contributed by atoms with Crippen LogP contribution in [0.15, 0.2) is 36.7 Å². The number of nitrogens with one attached hydrogen (secondary N) is 2. The van der Waals surface area contributed by atoms with Gasteiger partial charge in [0.25, 0.3) is 0 Å². The van der Waals surface area contributed by atoms with E-state index < -0.39 is 0 Å². The molecule has 1 aromatic heterocycles. The van der Waals surface area contributed by atoms with Gasteiger partial charge in [-0.05, 0) is 30.5 Å². The van der Waals surface area contributed by atoms with Crippen LogP contribution < -0.4 is 15.5 Å². The Bertz CT molecular complexity index is 844. The van der Waals surface area contributed by atoms with Crippen molar-refractivity contribution in [2.45, 2.75) is 31.8 Å². The van der Waals surface area contributed by atoms with Crippen LogP contribution in [0.1, 0.15) is 29.7 Å². The Morgan fingerprint density at radius 1 is 1.19 bits per heavy atom. The predicted molar refractivity (Wildman–Crippen MR) is 107 cm³/mol. The number of hydrogen-bond donors (Lipinski definition) is 2. The third-order valence-electron chi connectivity index (χ3n) is 5.04. The summed E-state index contributed by atoms with van der Waals surface area (Å²) < 4.78 is 0. The molecule has 2 amide bonds. The van der Waals surface area contributed by atoms with Gasteiger partial charge in [0.05, 0.1) is 5.69 Å². The minimum atomic E-state index is -0.130. The first-order chi connectivity index (χ1) is 13.2. The molecule has 1 aliphatic carbocycles. The zero-order valence-electron chi connectivity index (χ0n) is 15.0. The second kappa shape index (κ2) is 7.96. The highest BCUT2D eigenvalue weighted by molar-refractivity contribution is 6.30. The van der Waals surface area contributed by atoms with Crippen LogP contribution in [0.25, 0.3) is 6.08 Å². The largest absolute Gasteiger partial charge is 0.356 e. The third-order valence-corrected chi connectivity index (χ3v) is 5.29. The van der Waals surface area contributed by atoms with Gasteiger partial charge in [-0.25, -0.2) is 14.8 Å². The normalized spacial score (nSPS) is 16.3. The Kier molecular flexibility index (Phi) is 5.25. The molecule has 0 unspecified atom stereocenters. The summed E-state index contributed by atoms with van der Waals surface area (Å²) in [5, 5.41) is 6.68. The quantitative estimate of drug-likeness (QED) is 0.850. The number of carbonyl (C=O) groups is 1. The van der Waals surface area contributed by atoms with Gasteiger partial charge in [0.15, 0.2) is 0 Å². The molecule has 6 nitrogen and oxygen atoms in total. The van der Waals surface area contributed by atoms with Gasteiger partial charge in [0, 0.05) is 42.7 Å². The molecule has 0 radical (unpaired) electrons. The summed E-state index contributed by atoms with van der Waals surface area (Å²) in [6, 6.07) is 7.52. The average molecular weight is 384 g/mol. The zero-order valence-corrected chi connectivity index (χ0v) is 15.7. The third kappa shape index (κ3) is 4.22. The molecule has 2 aromatic rings. The summed E-state index contributed by atoms with van der Waals surface area (Å²) in [6.07, 6.45) is 8.57. The SMILES string of the molecule is O=C(NCc1ccc(Cl)cc1)NC1CCN(c2ncnc3c2C=CC3)CC1. The second-order valence-electron chi connectivity index (χ2n) is 6.88. The van der Waals surface area contributed by atoms with E-state index in [4.69, 9.17) is 11.6 Å². The van der Waals surface area contributed by atoms with Crippen molar-refractivity contribution >= 4 is 29.5 Å². The first-order valence-corrected chi connectivity index (χ1v) is 9.61. The van der Waals surface area contributed by atoms with E-state index in [1.807, 2.05) is 24.3 Å². The van der Waals surface area contributed by atoms with Crippen LogP contribution in [0.3, 0.4) is 0 Å². The first-order valence-electron chi connectivity index (χ1n) is 9.23. The number of carbonyl (C=O) groups excluding carboxylic acids is 1. The highest BCUT2D eigenvalue weighted by Crippen LogP contribution is 2.28. The topological polar surface area (TPSA) is 70.2 Å². The fraction of sp³-hybridized carbons (Fsp3) is 0.350. The highest BCUT2D eigenvalue weighted by atomic mass is 35.5. The maximum atomic E-state index is 12.2. The maximum absolute atomic E-state index is 12.2. The number of halogens is 1. The summed E-state index contributed by atoms with van der Waals surface area (Å²) in [5.41, 5.74) is 3.27. The van der Waals surface area contributed by atoms with Crippen LogP contribution in [-0.4, -0.2) is 35.1 Å². The number of amides is 2. The molecule has 1 aromatic carbocycles. The summed E-state index contributed by atoms with van der Waals surface area (Å²) in [6.45, 7) is 2.24. The number of aromatic nitrogens is 2. The van der Waals surface area contributed by atoms with Crippen LogP contribution in [0.5, 0.6) is 0 Å². The van der Waals surface area contributed by atoms with Crippen molar-refractivity contribution in [2.75, 3.05) is 18.0 Å². The molecule has 2 aliphatic rings. The van der Waals surface area contributed by atoms with Crippen LogP contribution in [-0.2, 0) is 13.0 Å². The molecular weight excluding hydrogens is 362 g/mol. The molecule has 0 saturated carbocycles. The molecule has 1 fully saturated rings. The molecule has 7 heteroatoms. The van der Waals surface area contributed by atoms with Crippen LogP contribution in [0.2, 0.25) is 5.02 Å². The van der Waals surface area contributed by atoms with Gasteiger partial charge in [-0.2, -0.15) is 0 Å². The molecular formula is C20H22ClN5O. The lowest BCUT2D eigenvalue weighted by atomic mass is 10.0. The Labute approximate surface area is 163 Å². The molecule has 0 spiro atoms. The molecule has 2 heterocycles. The molecule has 0 atom stereocenters. The van der Waals surface area contributed by atoms with Gasteiger partial charge in [0.1, 0.15) is 12.1 Å². The van der Waals surface area contributed by atoms with Gasteiger partial charge in [-0.15, -0.1) is 0 Å². The lowest BCUT2D eigenvalue weighted by molar-refractivity contribution is 0.234. The summed E-state index contributed by atoms with van der Waals surface area (Å²) in [7, 11) is 0. The standard InChI is InChI=1S/C20H22ClN5O/c21-15-6-4-14(5-7-15)12-22-20(27)25-16-8-10-26(11-9-16)19-17-2-1-3-18(17)23-13-24-19/h1-2,4-7,13,16H,3,8-12H2,(H2,22,25,27). The minimum absolute atomic E-state index is 0.130. The molecule has 1 aliphatic heterocycles. The maximum Gasteiger partial charge on any atom is 0.315 e. The molecule has 27 heavy (non-hydrogen) atoms. The van der Waals surface area contributed by atoms with Crippen molar-refractivity contribution in [3.05, 3.63) is 58.5 Å². The first kappa shape index (κ1) is 17.8. The fourth-order valence-corrected chi connectivity index (χ4v) is 3.68. The molecule has 1 saturated heterocycles. The number of fused-ring (bicyclic) bond motifs is 1. The van der Waals surface area contributed by atoms with Gasteiger partial charge >= 0.3 is 6.03 Å². The number of piperidine rings is 1. The Morgan fingerprint density at radius 2 is 1.96 bits per heavy atom. The molecule has 0 bridgehead atoms. The van der Waals surface area contributed by atoms with E-state index in [1.54, 1.807) is 6.33 Å². The van der Waals surface area contributed by atoms with E-state index in [9.17, 15) is 4.79 Å². The van der Waals surface area contributed by atoms with Crippen LogP contribution >= 0.6 is 11.6 Å². The smallest absolute Gasteiger partial charge is 0.315 e. The molecule has 140 valence electrons. The number of urea groups is 1. The summed E-state index contributed by atoms with van der Waals surface area (Å²) >= 11 is 5.88. The summed E-state index contributed by atoms with van der Waals surface area (Å²) in [5.74, 6) is 1.01. The van der Waals surface area contributed by atoms with Gasteiger partial charge in [-0.1, -0.05) is 35.9 Å². The van der Waals surface area contributed by atoms with E-state index in [-0.39, 0.29) is 12.1 Å². The van der Waals surface area contributed by atoms with Crippen molar-refractivity contribution in [1.29, 1.82) is 0 Å². The van der Waals surface area contributed by atoms with Crippen LogP contribution in [0.4, 0.5) is 10.6 Å².